The quantitative estimate of drug-likeness (QED) is 0.746. The van der Waals surface area contributed by atoms with Crippen LogP contribution in [0.15, 0.2) is 22.9 Å². The van der Waals surface area contributed by atoms with E-state index in [-0.39, 0.29) is 6.04 Å². The molecule has 78 valence electrons. The van der Waals surface area contributed by atoms with Crippen LogP contribution in [0, 0.1) is 0 Å². The van der Waals surface area contributed by atoms with Crippen molar-refractivity contribution < 1.29 is 4.21 Å². The maximum absolute atomic E-state index is 11.0. The Bertz CT molecular complexity index is 545. The van der Waals surface area contributed by atoms with Crippen LogP contribution < -0.4 is 0 Å². The average Bonchev–Trinajstić information content (AvgIpc) is 2.56. The van der Waals surface area contributed by atoms with Crippen molar-refractivity contribution in [2.45, 2.75) is 6.04 Å². The molecular formula is C9H8BrN3OS. The summed E-state index contributed by atoms with van der Waals surface area (Å²) in [6, 6.07) is 4.13. The van der Waals surface area contributed by atoms with Gasteiger partial charge in [0.05, 0.1) is 12.2 Å². The fraction of sp³-hybridized carbons (Fsp3) is 0.333. The second-order valence-corrected chi connectivity index (χ2v) is 5.92. The highest BCUT2D eigenvalue weighted by molar-refractivity contribution is 9.10. The minimum Gasteiger partial charge on any atom is -0.259 e. The summed E-state index contributed by atoms with van der Waals surface area (Å²) < 4.78 is 13.7. The predicted octanol–water partition coefficient (Wildman–Crippen LogP) is 1.50. The summed E-state index contributed by atoms with van der Waals surface area (Å²) in [7, 11) is -0.655. The molecule has 15 heavy (non-hydrogen) atoms. The topological polar surface area (TPSA) is 47.8 Å². The fourth-order valence-electron chi connectivity index (χ4n) is 1.69. The Labute approximate surface area is 97.3 Å². The van der Waals surface area contributed by atoms with Crippen LogP contribution in [-0.4, -0.2) is 30.5 Å². The van der Waals surface area contributed by atoms with Gasteiger partial charge in [0.25, 0.3) is 0 Å². The lowest BCUT2D eigenvalue weighted by Gasteiger charge is -2.25. The minimum absolute atomic E-state index is 0.255. The van der Waals surface area contributed by atoms with Gasteiger partial charge in [-0.05, 0) is 28.1 Å². The number of pyridine rings is 1. The van der Waals surface area contributed by atoms with Crippen molar-refractivity contribution in [3.05, 3.63) is 22.9 Å². The lowest BCUT2D eigenvalue weighted by atomic mass is 10.3. The summed E-state index contributed by atoms with van der Waals surface area (Å²) in [5.41, 5.74) is 0.867. The minimum atomic E-state index is -0.655. The lowest BCUT2D eigenvalue weighted by Crippen LogP contribution is -2.34. The third-order valence-corrected chi connectivity index (χ3v) is 4.47. The Morgan fingerprint density at radius 3 is 3.00 bits per heavy atom. The molecule has 0 unspecified atom stereocenters. The van der Waals surface area contributed by atoms with Gasteiger partial charge in [0.15, 0.2) is 5.65 Å². The molecule has 0 aromatic carbocycles. The molecule has 2 aromatic rings. The van der Waals surface area contributed by atoms with Crippen LogP contribution in [0.25, 0.3) is 11.0 Å². The first-order chi connectivity index (χ1) is 7.24. The maximum Gasteiger partial charge on any atom is 0.159 e. The Hall–Kier alpha value is -0.750. The van der Waals surface area contributed by atoms with Gasteiger partial charge >= 0.3 is 0 Å². The van der Waals surface area contributed by atoms with Crippen molar-refractivity contribution in [2.75, 3.05) is 11.5 Å². The first kappa shape index (κ1) is 9.47. The molecule has 0 bridgehead atoms. The Morgan fingerprint density at radius 1 is 1.47 bits per heavy atom. The van der Waals surface area contributed by atoms with Crippen molar-refractivity contribution >= 4 is 37.8 Å². The summed E-state index contributed by atoms with van der Waals surface area (Å²) in [5.74, 6) is 1.40. The molecule has 1 fully saturated rings. The van der Waals surface area contributed by atoms with E-state index in [1.807, 2.05) is 16.8 Å². The summed E-state index contributed by atoms with van der Waals surface area (Å²) in [5, 5.41) is 5.32. The van der Waals surface area contributed by atoms with E-state index < -0.39 is 10.8 Å². The van der Waals surface area contributed by atoms with E-state index in [4.69, 9.17) is 0 Å². The standard InChI is InChI=1S/C9H8BrN3OS/c10-8-2-1-6-3-11-13(9(6)12-8)7-4-15(14)5-7/h1-3,7H,4-5H2. The lowest BCUT2D eigenvalue weighted by molar-refractivity contribution is 0.517. The van der Waals surface area contributed by atoms with Gasteiger partial charge in [-0.1, -0.05) is 0 Å². The van der Waals surface area contributed by atoms with Gasteiger partial charge in [-0.2, -0.15) is 5.10 Å². The molecule has 6 heteroatoms. The number of hydrogen-bond acceptors (Lipinski definition) is 3. The van der Waals surface area contributed by atoms with Gasteiger partial charge in [0.1, 0.15) is 4.60 Å². The molecule has 0 radical (unpaired) electrons. The normalized spacial score (nSPS) is 25.4. The number of rotatable bonds is 1. The molecule has 0 aliphatic carbocycles. The molecule has 1 saturated heterocycles. The molecule has 0 N–H and O–H groups in total. The van der Waals surface area contributed by atoms with Crippen LogP contribution in [0.5, 0.6) is 0 Å². The van der Waals surface area contributed by atoms with Gasteiger partial charge < -0.3 is 0 Å². The van der Waals surface area contributed by atoms with Crippen LogP contribution >= 0.6 is 15.9 Å². The Kier molecular flexibility index (Phi) is 2.14. The van der Waals surface area contributed by atoms with Crippen LogP contribution in [0.3, 0.4) is 0 Å². The second-order valence-electron chi connectivity index (χ2n) is 3.56. The van der Waals surface area contributed by atoms with Gasteiger partial charge in [-0.3, -0.25) is 4.21 Å². The van der Waals surface area contributed by atoms with Crippen molar-refractivity contribution in [3.63, 3.8) is 0 Å². The number of hydrogen-bond donors (Lipinski definition) is 0. The zero-order valence-electron chi connectivity index (χ0n) is 7.76. The number of nitrogens with zero attached hydrogens (tertiary/aromatic N) is 3. The third kappa shape index (κ3) is 1.52. The second kappa shape index (κ2) is 3.38. The molecule has 3 rings (SSSR count). The molecule has 2 aromatic heterocycles. The molecule has 0 amide bonds. The van der Waals surface area contributed by atoms with Gasteiger partial charge in [-0.25, -0.2) is 9.67 Å². The van der Waals surface area contributed by atoms with Crippen LogP contribution in [0.4, 0.5) is 0 Å². The van der Waals surface area contributed by atoms with Crippen LogP contribution in [-0.2, 0) is 10.8 Å². The maximum atomic E-state index is 11.0. The van der Waals surface area contributed by atoms with Gasteiger partial charge in [0.2, 0.25) is 0 Å². The predicted molar refractivity (Wildman–Crippen MR) is 62.1 cm³/mol. The molecule has 1 aliphatic rings. The Morgan fingerprint density at radius 2 is 2.27 bits per heavy atom. The number of halogens is 1. The van der Waals surface area contributed by atoms with Gasteiger partial charge in [0, 0.05) is 27.7 Å². The van der Waals surface area contributed by atoms with E-state index in [1.165, 1.54) is 0 Å². The smallest absolute Gasteiger partial charge is 0.159 e. The summed E-state index contributed by atoms with van der Waals surface area (Å²) in [4.78, 5) is 4.38. The number of aromatic nitrogens is 3. The molecule has 3 heterocycles. The SMILES string of the molecule is O=S1CC(n2ncc3ccc(Br)nc32)C1. The summed E-state index contributed by atoms with van der Waals surface area (Å²) in [6.45, 7) is 0. The fourth-order valence-corrected chi connectivity index (χ4v) is 3.03. The van der Waals surface area contributed by atoms with E-state index in [0.29, 0.717) is 11.5 Å². The highest BCUT2D eigenvalue weighted by Gasteiger charge is 2.29. The molecule has 0 saturated carbocycles. The first-order valence-corrected chi connectivity index (χ1v) is 6.87. The highest BCUT2D eigenvalue weighted by atomic mass is 79.9. The van der Waals surface area contributed by atoms with Crippen molar-refractivity contribution in [3.8, 4) is 0 Å². The zero-order valence-corrected chi connectivity index (χ0v) is 10.2. The highest BCUT2D eigenvalue weighted by Crippen LogP contribution is 2.24. The molecule has 4 nitrogen and oxygen atoms in total. The summed E-state index contributed by atoms with van der Waals surface area (Å²) >= 11 is 3.34. The van der Waals surface area contributed by atoms with Crippen LogP contribution in [0.2, 0.25) is 0 Å². The van der Waals surface area contributed by atoms with Crippen molar-refractivity contribution in [2.24, 2.45) is 0 Å². The monoisotopic (exact) mass is 285 g/mol. The van der Waals surface area contributed by atoms with E-state index in [9.17, 15) is 4.21 Å². The van der Waals surface area contributed by atoms with Gasteiger partial charge in [-0.15, -0.1) is 0 Å². The molecule has 0 spiro atoms. The Balaban J connectivity index is 2.11. The van der Waals surface area contributed by atoms with Crippen LogP contribution in [0.1, 0.15) is 6.04 Å². The molecule has 0 atom stereocenters. The van der Waals surface area contributed by atoms with E-state index in [0.717, 1.165) is 15.6 Å². The van der Waals surface area contributed by atoms with E-state index in [2.05, 4.69) is 26.0 Å². The first-order valence-electron chi connectivity index (χ1n) is 4.59. The third-order valence-electron chi connectivity index (χ3n) is 2.51. The molecular weight excluding hydrogens is 278 g/mol. The zero-order chi connectivity index (χ0) is 10.4. The van der Waals surface area contributed by atoms with E-state index >= 15 is 0 Å². The van der Waals surface area contributed by atoms with Crippen molar-refractivity contribution in [1.29, 1.82) is 0 Å². The largest absolute Gasteiger partial charge is 0.259 e. The molecule has 1 aliphatic heterocycles. The van der Waals surface area contributed by atoms with Crippen molar-refractivity contribution in [1.82, 2.24) is 14.8 Å². The average molecular weight is 286 g/mol. The summed E-state index contributed by atoms with van der Waals surface area (Å²) in [6.07, 6.45) is 1.80. The number of fused-ring (bicyclic) bond motifs is 1. The van der Waals surface area contributed by atoms with E-state index in [1.54, 1.807) is 6.20 Å².